The molecule has 0 aromatic heterocycles. The van der Waals surface area contributed by atoms with Crippen LogP contribution in [0.5, 0.6) is 5.75 Å². The van der Waals surface area contributed by atoms with Crippen LogP contribution in [-0.4, -0.2) is 47.8 Å². The van der Waals surface area contributed by atoms with Crippen molar-refractivity contribution in [2.24, 2.45) is 0 Å². The van der Waals surface area contributed by atoms with E-state index in [1.54, 1.807) is 25.1 Å². The summed E-state index contributed by atoms with van der Waals surface area (Å²) in [5, 5.41) is 2.82. The predicted octanol–water partition coefficient (Wildman–Crippen LogP) is 3.43. The first-order valence-electron chi connectivity index (χ1n) is 10.7. The van der Waals surface area contributed by atoms with Crippen molar-refractivity contribution in [2.45, 2.75) is 38.8 Å². The molecule has 0 aliphatic carbocycles. The lowest BCUT2D eigenvalue weighted by Crippen LogP contribution is -2.45. The van der Waals surface area contributed by atoms with E-state index in [4.69, 9.17) is 4.74 Å². The first kappa shape index (κ1) is 23.2. The van der Waals surface area contributed by atoms with Gasteiger partial charge in [0.05, 0.1) is 7.11 Å². The first-order valence-corrected chi connectivity index (χ1v) is 10.7. The molecule has 0 saturated carbocycles. The zero-order valence-electron chi connectivity index (χ0n) is 18.6. The number of carbonyl (C=O) groups is 3. The number of imide groups is 1. The van der Waals surface area contributed by atoms with E-state index in [2.05, 4.69) is 5.32 Å². The number of ether oxygens (including phenoxy) is 1. The molecule has 7 nitrogen and oxygen atoms in total. The smallest absolute Gasteiger partial charge is 0.325 e. The second-order valence-corrected chi connectivity index (χ2v) is 7.72. The molecule has 1 saturated heterocycles. The molecule has 1 heterocycles. The van der Waals surface area contributed by atoms with E-state index in [1.165, 1.54) is 24.1 Å². The molecule has 1 aliphatic rings. The van der Waals surface area contributed by atoms with Crippen LogP contribution < -0.4 is 10.1 Å². The SMILES string of the molecule is CCCC1(c2ccccc2)NC(=O)N(CC(=O)N(CC)Cc2ccc(OC)c(F)c2)C1=O. The Labute approximate surface area is 187 Å². The molecule has 2 aromatic rings. The molecule has 0 bridgehead atoms. The van der Waals surface area contributed by atoms with E-state index in [-0.39, 0.29) is 18.8 Å². The van der Waals surface area contributed by atoms with Crippen LogP contribution in [0.4, 0.5) is 9.18 Å². The average Bonchev–Trinajstić information content (AvgIpc) is 3.03. The van der Waals surface area contributed by atoms with E-state index in [9.17, 15) is 18.8 Å². The van der Waals surface area contributed by atoms with Gasteiger partial charge in [0.2, 0.25) is 5.91 Å². The second-order valence-electron chi connectivity index (χ2n) is 7.72. The predicted molar refractivity (Wildman–Crippen MR) is 117 cm³/mol. The summed E-state index contributed by atoms with van der Waals surface area (Å²) >= 11 is 0. The molecule has 170 valence electrons. The van der Waals surface area contributed by atoms with Gasteiger partial charge in [-0.2, -0.15) is 0 Å². The van der Waals surface area contributed by atoms with Gasteiger partial charge in [0, 0.05) is 13.1 Å². The second kappa shape index (κ2) is 9.80. The standard InChI is InChI=1S/C24H28FN3O4/c1-4-13-24(18-9-7-6-8-10-18)22(30)28(23(31)26-24)16-21(29)27(5-2)15-17-11-12-20(32-3)19(25)14-17/h6-12,14H,4-5,13,15-16H2,1-3H3,(H,26,31). The Hall–Kier alpha value is -3.42. The van der Waals surface area contributed by atoms with Crippen LogP contribution in [0.1, 0.15) is 37.8 Å². The molecule has 0 spiro atoms. The van der Waals surface area contributed by atoms with Crippen molar-refractivity contribution in [1.82, 2.24) is 15.1 Å². The lowest BCUT2D eigenvalue weighted by atomic mass is 9.85. The summed E-state index contributed by atoms with van der Waals surface area (Å²) in [6.45, 7) is 3.84. The number of benzene rings is 2. The van der Waals surface area contributed by atoms with Crippen LogP contribution in [0, 0.1) is 5.82 Å². The van der Waals surface area contributed by atoms with Gasteiger partial charge in [0.25, 0.3) is 5.91 Å². The highest BCUT2D eigenvalue weighted by molar-refractivity contribution is 6.09. The fourth-order valence-corrected chi connectivity index (χ4v) is 4.02. The Morgan fingerprint density at radius 2 is 1.88 bits per heavy atom. The highest BCUT2D eigenvalue weighted by Gasteiger charge is 2.52. The number of urea groups is 1. The number of hydrogen-bond acceptors (Lipinski definition) is 4. The first-order chi connectivity index (χ1) is 15.4. The van der Waals surface area contributed by atoms with Gasteiger partial charge < -0.3 is 15.0 Å². The third-order valence-electron chi connectivity index (χ3n) is 5.68. The van der Waals surface area contributed by atoms with Gasteiger partial charge in [0.15, 0.2) is 11.6 Å². The molecule has 1 fully saturated rings. The highest BCUT2D eigenvalue weighted by atomic mass is 19.1. The number of nitrogens with zero attached hydrogens (tertiary/aromatic N) is 2. The number of rotatable bonds is 9. The minimum absolute atomic E-state index is 0.121. The lowest BCUT2D eigenvalue weighted by Gasteiger charge is -2.27. The van der Waals surface area contributed by atoms with Gasteiger partial charge in [-0.1, -0.05) is 49.7 Å². The summed E-state index contributed by atoms with van der Waals surface area (Å²) in [5.74, 6) is -1.23. The van der Waals surface area contributed by atoms with Gasteiger partial charge in [-0.05, 0) is 36.6 Å². The number of carbonyl (C=O) groups excluding carboxylic acids is 3. The monoisotopic (exact) mass is 441 g/mol. The summed E-state index contributed by atoms with van der Waals surface area (Å²) in [6, 6.07) is 13.0. The van der Waals surface area contributed by atoms with Crippen LogP contribution in [0.15, 0.2) is 48.5 Å². The number of amides is 4. The number of methoxy groups -OCH3 is 1. The summed E-state index contributed by atoms with van der Waals surface area (Å²) in [7, 11) is 1.38. The van der Waals surface area contributed by atoms with Crippen LogP contribution in [-0.2, 0) is 21.7 Å². The number of halogens is 1. The molecule has 32 heavy (non-hydrogen) atoms. The van der Waals surface area contributed by atoms with E-state index < -0.39 is 29.2 Å². The molecule has 0 radical (unpaired) electrons. The summed E-state index contributed by atoms with van der Waals surface area (Å²) in [4.78, 5) is 41.5. The largest absolute Gasteiger partial charge is 0.494 e. The van der Waals surface area contributed by atoms with Crippen LogP contribution in [0.2, 0.25) is 0 Å². The maximum Gasteiger partial charge on any atom is 0.325 e. The average molecular weight is 442 g/mol. The van der Waals surface area contributed by atoms with E-state index >= 15 is 0 Å². The molecule has 1 atom stereocenters. The highest BCUT2D eigenvalue weighted by Crippen LogP contribution is 2.33. The van der Waals surface area contributed by atoms with E-state index in [0.29, 0.717) is 30.5 Å². The van der Waals surface area contributed by atoms with Crippen LogP contribution in [0.25, 0.3) is 0 Å². The fourth-order valence-electron chi connectivity index (χ4n) is 4.02. The Kier molecular flexibility index (Phi) is 7.12. The molecular weight excluding hydrogens is 413 g/mol. The van der Waals surface area contributed by atoms with Crippen molar-refractivity contribution in [2.75, 3.05) is 20.2 Å². The Balaban J connectivity index is 1.77. The number of nitrogens with one attached hydrogen (secondary N) is 1. The third kappa shape index (κ3) is 4.44. The van der Waals surface area contributed by atoms with Crippen molar-refractivity contribution < 1.29 is 23.5 Å². The van der Waals surface area contributed by atoms with Gasteiger partial charge >= 0.3 is 6.03 Å². The van der Waals surface area contributed by atoms with Crippen LogP contribution in [0.3, 0.4) is 0 Å². The number of likely N-dealkylation sites (N-methyl/N-ethyl adjacent to an activating group) is 1. The Morgan fingerprint density at radius 3 is 2.47 bits per heavy atom. The zero-order chi connectivity index (χ0) is 23.3. The summed E-state index contributed by atoms with van der Waals surface area (Å²) in [6.07, 6.45) is 1.10. The quantitative estimate of drug-likeness (QED) is 0.605. The number of hydrogen-bond donors (Lipinski definition) is 1. The van der Waals surface area contributed by atoms with E-state index in [1.807, 2.05) is 25.1 Å². The minimum Gasteiger partial charge on any atom is -0.494 e. The molecule has 1 unspecified atom stereocenters. The molecule has 8 heteroatoms. The van der Waals surface area contributed by atoms with Gasteiger partial charge in [-0.25, -0.2) is 9.18 Å². The third-order valence-corrected chi connectivity index (χ3v) is 5.68. The van der Waals surface area contributed by atoms with Gasteiger partial charge in [-0.15, -0.1) is 0 Å². The Morgan fingerprint density at radius 1 is 1.16 bits per heavy atom. The maximum atomic E-state index is 14.0. The molecule has 1 N–H and O–H groups in total. The van der Waals surface area contributed by atoms with E-state index in [0.717, 1.165) is 4.90 Å². The minimum atomic E-state index is -1.18. The lowest BCUT2D eigenvalue weighted by molar-refractivity contribution is -0.139. The fraction of sp³-hybridized carbons (Fsp3) is 0.375. The Bertz CT molecular complexity index is 998. The molecule has 2 aromatic carbocycles. The van der Waals surface area contributed by atoms with Crippen molar-refractivity contribution in [3.05, 3.63) is 65.5 Å². The van der Waals surface area contributed by atoms with Crippen molar-refractivity contribution in [3.63, 3.8) is 0 Å². The van der Waals surface area contributed by atoms with Gasteiger partial charge in [-0.3, -0.25) is 14.5 Å². The zero-order valence-corrected chi connectivity index (χ0v) is 18.6. The molecule has 3 rings (SSSR count). The van der Waals surface area contributed by atoms with Gasteiger partial charge in [0.1, 0.15) is 12.1 Å². The van der Waals surface area contributed by atoms with Crippen molar-refractivity contribution >= 4 is 17.8 Å². The van der Waals surface area contributed by atoms with Crippen molar-refractivity contribution in [3.8, 4) is 5.75 Å². The van der Waals surface area contributed by atoms with Crippen molar-refractivity contribution in [1.29, 1.82) is 0 Å². The summed E-state index contributed by atoms with van der Waals surface area (Å²) in [5.41, 5.74) is 0.0975. The molecule has 1 aliphatic heterocycles. The topological polar surface area (TPSA) is 79.0 Å². The van der Waals surface area contributed by atoms with Crippen LogP contribution >= 0.6 is 0 Å². The summed E-state index contributed by atoms with van der Waals surface area (Å²) < 4.78 is 18.9. The maximum absolute atomic E-state index is 14.0. The molecular formula is C24H28FN3O4. The molecule has 4 amide bonds. The normalized spacial score (nSPS) is 17.9.